The predicted octanol–water partition coefficient (Wildman–Crippen LogP) is 3.13. The summed E-state index contributed by atoms with van der Waals surface area (Å²) < 4.78 is 3.96. The van der Waals surface area contributed by atoms with E-state index in [0.29, 0.717) is 6.54 Å². The number of pyridine rings is 1. The lowest BCUT2D eigenvalue weighted by Crippen LogP contribution is -2.07. The van der Waals surface area contributed by atoms with Crippen molar-refractivity contribution in [2.45, 2.75) is 32.7 Å². The summed E-state index contributed by atoms with van der Waals surface area (Å²) in [6.45, 7) is 6.72. The molecular weight excluding hydrogens is 286 g/mol. The molecule has 1 unspecified atom stereocenters. The molecule has 3 heterocycles. The third kappa shape index (κ3) is 2.31. The van der Waals surface area contributed by atoms with Gasteiger partial charge in [0.1, 0.15) is 11.3 Å². The SMILES string of the molecule is Cc1ccnc2c1nc(C(C)Cl)n2Cc1cnn(C)c1C. The van der Waals surface area contributed by atoms with Gasteiger partial charge in [0.2, 0.25) is 0 Å². The lowest BCUT2D eigenvalue weighted by Gasteiger charge is -2.09. The van der Waals surface area contributed by atoms with E-state index in [1.165, 1.54) is 0 Å². The minimum absolute atomic E-state index is 0.171. The van der Waals surface area contributed by atoms with Gasteiger partial charge in [0.25, 0.3) is 0 Å². The van der Waals surface area contributed by atoms with Crippen LogP contribution in [-0.2, 0) is 13.6 Å². The molecule has 110 valence electrons. The van der Waals surface area contributed by atoms with Crippen LogP contribution in [0, 0.1) is 13.8 Å². The second-order valence-corrected chi connectivity index (χ2v) is 6.01. The van der Waals surface area contributed by atoms with Gasteiger partial charge in [-0.1, -0.05) is 0 Å². The summed E-state index contributed by atoms with van der Waals surface area (Å²) in [7, 11) is 1.94. The second-order valence-electron chi connectivity index (χ2n) is 5.35. The number of imidazole rings is 1. The largest absolute Gasteiger partial charge is 0.307 e. The molecule has 6 heteroatoms. The zero-order chi connectivity index (χ0) is 15.1. The van der Waals surface area contributed by atoms with Gasteiger partial charge in [-0.15, -0.1) is 11.6 Å². The number of fused-ring (bicyclic) bond motifs is 1. The van der Waals surface area contributed by atoms with Gasteiger partial charge in [0.15, 0.2) is 5.65 Å². The van der Waals surface area contributed by atoms with E-state index in [9.17, 15) is 0 Å². The Morgan fingerprint density at radius 3 is 2.71 bits per heavy atom. The molecule has 21 heavy (non-hydrogen) atoms. The molecule has 3 aromatic heterocycles. The zero-order valence-corrected chi connectivity index (χ0v) is 13.4. The number of aromatic nitrogens is 5. The molecule has 0 saturated heterocycles. The molecule has 0 aliphatic rings. The molecule has 0 amide bonds. The number of alkyl halides is 1. The van der Waals surface area contributed by atoms with Crippen LogP contribution in [0.15, 0.2) is 18.5 Å². The fraction of sp³-hybridized carbons (Fsp3) is 0.400. The van der Waals surface area contributed by atoms with Crippen LogP contribution in [0.3, 0.4) is 0 Å². The van der Waals surface area contributed by atoms with Gasteiger partial charge in [-0.3, -0.25) is 4.68 Å². The summed E-state index contributed by atoms with van der Waals surface area (Å²) in [5, 5.41) is 4.13. The Morgan fingerprint density at radius 1 is 1.33 bits per heavy atom. The molecule has 0 N–H and O–H groups in total. The number of aryl methyl sites for hydroxylation is 2. The molecule has 3 aromatic rings. The first-order valence-corrected chi connectivity index (χ1v) is 7.36. The van der Waals surface area contributed by atoms with Crippen LogP contribution in [0.1, 0.15) is 34.9 Å². The maximum Gasteiger partial charge on any atom is 0.160 e. The fourth-order valence-electron chi connectivity index (χ4n) is 2.48. The molecule has 0 aromatic carbocycles. The summed E-state index contributed by atoms with van der Waals surface area (Å²) in [6.07, 6.45) is 3.70. The highest BCUT2D eigenvalue weighted by Crippen LogP contribution is 2.26. The lowest BCUT2D eigenvalue weighted by atomic mass is 10.2. The Bertz CT molecular complexity index is 800. The van der Waals surface area contributed by atoms with Crippen molar-refractivity contribution in [1.29, 1.82) is 0 Å². The predicted molar refractivity (Wildman–Crippen MR) is 83.6 cm³/mol. The summed E-state index contributed by atoms with van der Waals surface area (Å²) in [4.78, 5) is 9.18. The molecule has 5 nitrogen and oxygen atoms in total. The molecule has 1 atom stereocenters. The Hall–Kier alpha value is -1.88. The normalized spacial score (nSPS) is 13.0. The van der Waals surface area contributed by atoms with E-state index >= 15 is 0 Å². The van der Waals surface area contributed by atoms with Crippen LogP contribution in [-0.4, -0.2) is 24.3 Å². The number of hydrogen-bond acceptors (Lipinski definition) is 3. The molecule has 0 fully saturated rings. The van der Waals surface area contributed by atoms with Crippen molar-refractivity contribution in [3.05, 3.63) is 41.1 Å². The lowest BCUT2D eigenvalue weighted by molar-refractivity contribution is 0.717. The highest BCUT2D eigenvalue weighted by Gasteiger charge is 2.18. The van der Waals surface area contributed by atoms with Crippen molar-refractivity contribution >= 4 is 22.8 Å². The van der Waals surface area contributed by atoms with Crippen molar-refractivity contribution in [1.82, 2.24) is 24.3 Å². The smallest absolute Gasteiger partial charge is 0.160 e. The van der Waals surface area contributed by atoms with Crippen LogP contribution >= 0.6 is 11.6 Å². The van der Waals surface area contributed by atoms with Crippen molar-refractivity contribution in [3.8, 4) is 0 Å². The van der Waals surface area contributed by atoms with Crippen LogP contribution < -0.4 is 0 Å². The third-order valence-corrected chi connectivity index (χ3v) is 4.08. The number of halogens is 1. The van der Waals surface area contributed by atoms with E-state index in [-0.39, 0.29) is 5.38 Å². The highest BCUT2D eigenvalue weighted by atomic mass is 35.5. The summed E-state index contributed by atoms with van der Waals surface area (Å²) >= 11 is 6.31. The average Bonchev–Trinajstić information content (AvgIpc) is 2.96. The summed E-state index contributed by atoms with van der Waals surface area (Å²) in [6, 6.07) is 1.97. The topological polar surface area (TPSA) is 48.5 Å². The van der Waals surface area contributed by atoms with Crippen molar-refractivity contribution in [3.63, 3.8) is 0 Å². The first-order valence-electron chi connectivity index (χ1n) is 6.92. The molecule has 0 aliphatic carbocycles. The van der Waals surface area contributed by atoms with Gasteiger partial charge in [-0.25, -0.2) is 9.97 Å². The minimum atomic E-state index is -0.171. The van der Waals surface area contributed by atoms with Gasteiger partial charge in [0.05, 0.1) is 18.1 Å². The van der Waals surface area contributed by atoms with Gasteiger partial charge in [-0.05, 0) is 32.4 Å². The Labute approximate surface area is 128 Å². The molecule has 3 rings (SSSR count). The van der Waals surface area contributed by atoms with E-state index in [4.69, 9.17) is 11.6 Å². The number of rotatable bonds is 3. The number of nitrogens with zero attached hydrogens (tertiary/aromatic N) is 5. The van der Waals surface area contributed by atoms with Crippen molar-refractivity contribution in [2.24, 2.45) is 7.05 Å². The standard InChI is InChI=1S/C15H18ClN5/c1-9-5-6-17-15-13(9)19-14(10(2)16)21(15)8-12-7-18-20(4)11(12)3/h5-7,10H,8H2,1-4H3. The molecule has 0 saturated carbocycles. The van der Waals surface area contributed by atoms with Gasteiger partial charge < -0.3 is 4.57 Å². The molecular formula is C15H18ClN5. The van der Waals surface area contributed by atoms with Crippen LogP contribution in [0.4, 0.5) is 0 Å². The quantitative estimate of drug-likeness (QED) is 0.698. The van der Waals surface area contributed by atoms with Crippen LogP contribution in [0.2, 0.25) is 0 Å². The summed E-state index contributed by atoms with van der Waals surface area (Å²) in [5.41, 5.74) is 5.19. The van der Waals surface area contributed by atoms with E-state index in [0.717, 1.165) is 33.8 Å². The van der Waals surface area contributed by atoms with E-state index in [2.05, 4.69) is 26.6 Å². The van der Waals surface area contributed by atoms with Crippen LogP contribution in [0.25, 0.3) is 11.2 Å². The second kappa shape index (κ2) is 5.15. The van der Waals surface area contributed by atoms with E-state index in [1.807, 2.05) is 44.0 Å². The maximum absolute atomic E-state index is 6.31. The Kier molecular flexibility index (Phi) is 3.45. The Morgan fingerprint density at radius 2 is 2.10 bits per heavy atom. The fourth-order valence-corrected chi connectivity index (χ4v) is 2.65. The van der Waals surface area contributed by atoms with Gasteiger partial charge >= 0.3 is 0 Å². The molecule has 0 radical (unpaired) electrons. The first kappa shape index (κ1) is 14.1. The van der Waals surface area contributed by atoms with Gasteiger partial charge in [-0.2, -0.15) is 5.10 Å². The van der Waals surface area contributed by atoms with Crippen LogP contribution in [0.5, 0.6) is 0 Å². The Balaban J connectivity index is 2.18. The molecule has 0 aliphatic heterocycles. The van der Waals surface area contributed by atoms with E-state index in [1.54, 1.807) is 0 Å². The highest BCUT2D eigenvalue weighted by molar-refractivity contribution is 6.20. The average molecular weight is 304 g/mol. The van der Waals surface area contributed by atoms with Crippen molar-refractivity contribution in [2.75, 3.05) is 0 Å². The van der Waals surface area contributed by atoms with Crippen molar-refractivity contribution < 1.29 is 0 Å². The molecule has 0 spiro atoms. The van der Waals surface area contributed by atoms with Gasteiger partial charge in [0, 0.05) is 24.5 Å². The monoisotopic (exact) mass is 303 g/mol. The number of hydrogen-bond donors (Lipinski definition) is 0. The minimum Gasteiger partial charge on any atom is -0.307 e. The first-order chi connectivity index (χ1) is 9.99. The third-order valence-electron chi connectivity index (χ3n) is 3.89. The van der Waals surface area contributed by atoms with E-state index < -0.39 is 0 Å². The summed E-state index contributed by atoms with van der Waals surface area (Å²) in [5.74, 6) is 0.844. The molecule has 0 bridgehead atoms. The zero-order valence-electron chi connectivity index (χ0n) is 12.6. The maximum atomic E-state index is 6.31.